The molecular weight excluding hydrogens is 216 g/mol. The van der Waals surface area contributed by atoms with E-state index in [0.717, 1.165) is 5.56 Å². The lowest BCUT2D eigenvalue weighted by Gasteiger charge is -2.01. The number of rotatable bonds is 2. The van der Waals surface area contributed by atoms with Gasteiger partial charge in [-0.05, 0) is 6.92 Å². The van der Waals surface area contributed by atoms with Gasteiger partial charge >= 0.3 is 0 Å². The molecule has 2 aromatic heterocycles. The molecule has 2 heterocycles. The van der Waals surface area contributed by atoms with Crippen LogP contribution in [0.5, 0.6) is 0 Å². The van der Waals surface area contributed by atoms with Crippen LogP contribution in [-0.4, -0.2) is 21.0 Å². The molecule has 2 aromatic rings. The molecule has 5 nitrogen and oxygen atoms in total. The number of fused-ring (bicyclic) bond motifs is 1. The van der Waals surface area contributed by atoms with Crippen LogP contribution in [-0.2, 0) is 4.79 Å². The Labute approximate surface area is 90.2 Å². The minimum absolute atomic E-state index is 0.306. The summed E-state index contributed by atoms with van der Waals surface area (Å²) in [5.41, 5.74) is 1.43. The van der Waals surface area contributed by atoms with Crippen LogP contribution < -0.4 is 0 Å². The summed E-state index contributed by atoms with van der Waals surface area (Å²) in [6.07, 6.45) is 4.61. The van der Waals surface area contributed by atoms with E-state index in [4.69, 9.17) is 11.6 Å². The highest BCUT2D eigenvalue weighted by atomic mass is 35.5. The summed E-state index contributed by atoms with van der Waals surface area (Å²) in [5.74, 6) is 0. The maximum absolute atomic E-state index is 10.2. The van der Waals surface area contributed by atoms with Gasteiger partial charge in [-0.3, -0.25) is 0 Å². The molecule has 15 heavy (non-hydrogen) atoms. The number of aromatic amines is 1. The lowest BCUT2D eigenvalue weighted by atomic mass is 10.1. The number of carbonyl (C=O) groups excluding carboxylic acids is 1. The monoisotopic (exact) mass is 222 g/mol. The average molecular weight is 223 g/mol. The zero-order chi connectivity index (χ0) is 10.8. The Morgan fingerprint density at radius 1 is 1.60 bits per heavy atom. The minimum atomic E-state index is -0.306. The molecule has 1 N–H and O–H groups in total. The molecule has 0 saturated carbocycles. The van der Waals surface area contributed by atoms with Gasteiger partial charge in [-0.25, -0.2) is 14.8 Å². The zero-order valence-corrected chi connectivity index (χ0v) is 8.62. The van der Waals surface area contributed by atoms with E-state index >= 15 is 0 Å². The number of hydrogen-bond donors (Lipinski definition) is 1. The van der Waals surface area contributed by atoms with Gasteiger partial charge in [0.25, 0.3) is 0 Å². The molecule has 0 fully saturated rings. The fraction of sp³-hybridized carbons (Fsp3) is 0.222. The molecule has 1 atom stereocenters. The van der Waals surface area contributed by atoms with Crippen LogP contribution in [0.1, 0.15) is 18.5 Å². The summed E-state index contributed by atoms with van der Waals surface area (Å²) in [4.78, 5) is 24.6. The van der Waals surface area contributed by atoms with Crippen LogP contribution >= 0.6 is 11.6 Å². The van der Waals surface area contributed by atoms with Crippen molar-refractivity contribution in [2.75, 3.05) is 0 Å². The van der Waals surface area contributed by atoms with E-state index in [0.29, 0.717) is 16.2 Å². The number of hydrogen-bond acceptors (Lipinski definition) is 4. The molecule has 0 aliphatic rings. The topological polar surface area (TPSA) is 71.0 Å². The Morgan fingerprint density at radius 3 is 3.13 bits per heavy atom. The molecule has 0 radical (unpaired) electrons. The highest BCUT2D eigenvalue weighted by Gasteiger charge is 2.14. The average Bonchev–Trinajstić information content (AvgIpc) is 2.63. The van der Waals surface area contributed by atoms with Gasteiger partial charge in [0.15, 0.2) is 0 Å². The van der Waals surface area contributed by atoms with Crippen LogP contribution in [0.4, 0.5) is 0 Å². The van der Waals surface area contributed by atoms with Crippen LogP contribution in [0.25, 0.3) is 11.0 Å². The van der Waals surface area contributed by atoms with Gasteiger partial charge in [-0.1, -0.05) is 11.6 Å². The Kier molecular flexibility index (Phi) is 2.49. The van der Waals surface area contributed by atoms with Crippen LogP contribution in [0.2, 0.25) is 5.15 Å². The van der Waals surface area contributed by atoms with Crippen molar-refractivity contribution in [3.63, 3.8) is 0 Å². The van der Waals surface area contributed by atoms with Gasteiger partial charge in [-0.15, -0.1) is 0 Å². The van der Waals surface area contributed by atoms with E-state index in [1.807, 2.05) is 0 Å². The number of isocyanates is 1. The first-order valence-electron chi connectivity index (χ1n) is 4.28. The van der Waals surface area contributed by atoms with Gasteiger partial charge in [-0.2, -0.15) is 4.99 Å². The molecule has 0 aliphatic heterocycles. The molecule has 6 heteroatoms. The maximum atomic E-state index is 10.2. The standard InChI is InChI=1S/C9H7ClN4O/c1-5(14-4-15)6-2-11-9-7(6)8(10)12-3-13-9/h2-3,5H,1H3,(H,11,12,13). The quantitative estimate of drug-likeness (QED) is 0.480. The third kappa shape index (κ3) is 1.63. The molecule has 0 saturated heterocycles. The largest absolute Gasteiger partial charge is 0.346 e. The van der Waals surface area contributed by atoms with E-state index in [2.05, 4.69) is 19.9 Å². The number of aromatic nitrogens is 3. The predicted octanol–water partition coefficient (Wildman–Crippen LogP) is 2.01. The highest BCUT2D eigenvalue weighted by Crippen LogP contribution is 2.28. The molecule has 0 amide bonds. The lowest BCUT2D eigenvalue weighted by Crippen LogP contribution is -1.89. The zero-order valence-electron chi connectivity index (χ0n) is 7.86. The van der Waals surface area contributed by atoms with Crippen LogP contribution in [0, 0.1) is 0 Å². The van der Waals surface area contributed by atoms with Crippen molar-refractivity contribution in [1.82, 2.24) is 15.0 Å². The molecule has 2 rings (SSSR count). The SMILES string of the molecule is CC(N=C=O)c1c[nH]c2ncnc(Cl)c12. The van der Waals surface area contributed by atoms with Gasteiger partial charge in [0, 0.05) is 11.8 Å². The number of halogens is 1. The molecule has 0 spiro atoms. The van der Waals surface area contributed by atoms with Crippen molar-refractivity contribution in [3.05, 3.63) is 23.2 Å². The number of nitrogens with one attached hydrogen (secondary N) is 1. The second-order valence-electron chi connectivity index (χ2n) is 3.03. The van der Waals surface area contributed by atoms with E-state index in [9.17, 15) is 4.79 Å². The number of H-pyrrole nitrogens is 1. The lowest BCUT2D eigenvalue weighted by molar-refractivity contribution is 0.559. The predicted molar refractivity (Wildman–Crippen MR) is 55.4 cm³/mol. The molecule has 0 bridgehead atoms. The minimum Gasteiger partial charge on any atom is -0.346 e. The van der Waals surface area contributed by atoms with E-state index in [-0.39, 0.29) is 6.04 Å². The summed E-state index contributed by atoms with van der Waals surface area (Å²) in [5, 5.41) is 1.05. The smallest absolute Gasteiger partial charge is 0.235 e. The summed E-state index contributed by atoms with van der Waals surface area (Å²) in [7, 11) is 0. The van der Waals surface area contributed by atoms with E-state index in [1.54, 1.807) is 13.1 Å². The molecule has 0 aliphatic carbocycles. The van der Waals surface area contributed by atoms with Crippen LogP contribution in [0.15, 0.2) is 17.5 Å². The Morgan fingerprint density at radius 2 is 2.40 bits per heavy atom. The number of nitrogens with zero attached hydrogens (tertiary/aromatic N) is 3. The fourth-order valence-corrected chi connectivity index (χ4v) is 1.67. The first-order valence-corrected chi connectivity index (χ1v) is 4.66. The normalized spacial score (nSPS) is 12.4. The Balaban J connectivity index is 2.66. The van der Waals surface area contributed by atoms with Crippen molar-refractivity contribution in [2.24, 2.45) is 4.99 Å². The van der Waals surface area contributed by atoms with Crippen molar-refractivity contribution in [1.29, 1.82) is 0 Å². The second kappa shape index (κ2) is 3.81. The first kappa shape index (κ1) is 9.83. The van der Waals surface area contributed by atoms with E-state index in [1.165, 1.54) is 12.4 Å². The third-order valence-corrected chi connectivity index (χ3v) is 2.44. The fourth-order valence-electron chi connectivity index (χ4n) is 1.43. The van der Waals surface area contributed by atoms with Gasteiger partial charge in [0.2, 0.25) is 6.08 Å². The van der Waals surface area contributed by atoms with Crippen molar-refractivity contribution in [3.8, 4) is 0 Å². The summed E-state index contributed by atoms with van der Waals surface area (Å²) in [6, 6.07) is -0.306. The Bertz CT molecular complexity index is 544. The van der Waals surface area contributed by atoms with Crippen molar-refractivity contribution in [2.45, 2.75) is 13.0 Å². The van der Waals surface area contributed by atoms with Gasteiger partial charge < -0.3 is 4.98 Å². The molecular formula is C9H7ClN4O. The van der Waals surface area contributed by atoms with Crippen LogP contribution in [0.3, 0.4) is 0 Å². The van der Waals surface area contributed by atoms with Gasteiger partial charge in [0.05, 0.1) is 11.4 Å². The highest BCUT2D eigenvalue weighted by molar-refractivity contribution is 6.34. The summed E-state index contributed by atoms with van der Waals surface area (Å²) in [6.45, 7) is 1.77. The maximum Gasteiger partial charge on any atom is 0.235 e. The first-order chi connectivity index (χ1) is 7.24. The molecule has 1 unspecified atom stereocenters. The van der Waals surface area contributed by atoms with Crippen molar-refractivity contribution >= 4 is 28.7 Å². The van der Waals surface area contributed by atoms with E-state index < -0.39 is 0 Å². The summed E-state index contributed by atoms with van der Waals surface area (Å²) >= 11 is 5.94. The molecule has 76 valence electrons. The third-order valence-electron chi connectivity index (χ3n) is 2.15. The summed E-state index contributed by atoms with van der Waals surface area (Å²) < 4.78 is 0. The Hall–Kier alpha value is -1.71. The molecule has 0 aromatic carbocycles. The van der Waals surface area contributed by atoms with Gasteiger partial charge in [0.1, 0.15) is 17.1 Å². The van der Waals surface area contributed by atoms with Crippen molar-refractivity contribution < 1.29 is 4.79 Å². The second-order valence-corrected chi connectivity index (χ2v) is 3.39. The number of aliphatic imine (C=N–C) groups is 1.